The van der Waals surface area contributed by atoms with Crippen LogP contribution in [0, 0.1) is 22.7 Å². The second kappa shape index (κ2) is 7.85. The third-order valence-corrected chi connectivity index (χ3v) is 8.10. The molecule has 180 valence electrons. The average molecular weight is 469 g/mol. The highest BCUT2D eigenvalue weighted by Gasteiger charge is 2.75. The van der Waals surface area contributed by atoms with Gasteiger partial charge in [-0.2, -0.15) is 0 Å². The smallest absolute Gasteiger partial charge is 0.350 e. The maximum Gasteiger partial charge on any atom is 0.350 e. The molecule has 1 aliphatic heterocycles. The minimum absolute atomic E-state index is 0.182. The van der Waals surface area contributed by atoms with Gasteiger partial charge in [-0.25, -0.2) is 4.79 Å². The van der Waals surface area contributed by atoms with Gasteiger partial charge in [-0.05, 0) is 47.0 Å². The van der Waals surface area contributed by atoms with E-state index in [1.807, 2.05) is 6.92 Å². The van der Waals surface area contributed by atoms with Crippen molar-refractivity contribution >= 4 is 32.0 Å². The average Bonchev–Trinajstić information content (AvgIpc) is 3.27. The van der Waals surface area contributed by atoms with E-state index in [1.165, 1.54) is 13.8 Å². The summed E-state index contributed by atoms with van der Waals surface area (Å²) in [4.78, 5) is 51.1. The van der Waals surface area contributed by atoms with Crippen LogP contribution in [0.1, 0.15) is 53.9 Å². The molecule has 0 aromatic carbocycles. The highest BCUT2D eigenvalue weighted by Crippen LogP contribution is 2.63. The van der Waals surface area contributed by atoms with Crippen LogP contribution in [0.3, 0.4) is 0 Å². The Bertz CT molecular complexity index is 826. The Morgan fingerprint density at radius 3 is 2.31 bits per heavy atom. The van der Waals surface area contributed by atoms with Crippen LogP contribution in [0.5, 0.6) is 0 Å². The third kappa shape index (κ3) is 4.08. The van der Waals surface area contributed by atoms with E-state index in [1.54, 1.807) is 13.8 Å². The Hall–Kier alpha value is -1.90. The Morgan fingerprint density at radius 1 is 1.12 bits per heavy atom. The second-order valence-electron chi connectivity index (χ2n) is 11.8. The molecule has 5 unspecified atom stereocenters. The normalized spacial score (nSPS) is 31.3. The SMILES string of the molecule is CCC(C)(C)C(=O)OC(C)(C)C(=O)OC1C2CC3C1OC(=O)C3(C(=O)OC[Si](C)(C)C)C2. The van der Waals surface area contributed by atoms with E-state index >= 15 is 0 Å². The summed E-state index contributed by atoms with van der Waals surface area (Å²) < 4.78 is 22.3. The van der Waals surface area contributed by atoms with Crippen LogP contribution < -0.4 is 0 Å². The highest BCUT2D eigenvalue weighted by atomic mass is 28.3. The lowest BCUT2D eigenvalue weighted by Gasteiger charge is -2.33. The Kier molecular flexibility index (Phi) is 6.07. The fraction of sp³-hybridized carbons (Fsp3) is 0.826. The molecule has 0 N–H and O–H groups in total. The van der Waals surface area contributed by atoms with Gasteiger partial charge in [-0.3, -0.25) is 14.4 Å². The maximum atomic E-state index is 12.9. The largest absolute Gasteiger partial charge is 0.469 e. The zero-order chi connectivity index (χ0) is 24.3. The lowest BCUT2D eigenvalue weighted by Crippen LogP contribution is -2.49. The van der Waals surface area contributed by atoms with Gasteiger partial charge >= 0.3 is 23.9 Å². The van der Waals surface area contributed by atoms with Crippen molar-refractivity contribution in [1.82, 2.24) is 0 Å². The summed E-state index contributed by atoms with van der Waals surface area (Å²) in [7, 11) is -1.64. The van der Waals surface area contributed by atoms with Gasteiger partial charge in [-0.1, -0.05) is 26.6 Å². The van der Waals surface area contributed by atoms with Gasteiger partial charge in [0.2, 0.25) is 5.60 Å². The Labute approximate surface area is 190 Å². The number of esters is 4. The molecular formula is C23H36O8Si. The third-order valence-electron chi connectivity index (χ3n) is 7.09. The summed E-state index contributed by atoms with van der Waals surface area (Å²) in [5.41, 5.74) is -3.49. The zero-order valence-electron chi connectivity index (χ0n) is 20.4. The van der Waals surface area contributed by atoms with Crippen LogP contribution in [0.2, 0.25) is 19.6 Å². The number of carbonyl (C=O) groups is 4. The fourth-order valence-electron chi connectivity index (χ4n) is 4.66. The number of hydrogen-bond donors (Lipinski definition) is 0. The van der Waals surface area contributed by atoms with Crippen molar-refractivity contribution in [1.29, 1.82) is 0 Å². The summed E-state index contributed by atoms with van der Waals surface area (Å²) in [6.07, 6.45) is 0.377. The molecular weight excluding hydrogens is 432 g/mol. The Balaban J connectivity index is 1.69. The molecule has 8 nitrogen and oxygen atoms in total. The monoisotopic (exact) mass is 468 g/mol. The first-order chi connectivity index (χ1) is 14.5. The van der Waals surface area contributed by atoms with Gasteiger partial charge in [-0.15, -0.1) is 0 Å². The predicted molar refractivity (Wildman–Crippen MR) is 117 cm³/mol. The molecule has 9 heteroatoms. The first-order valence-corrected chi connectivity index (χ1v) is 15.1. The minimum Gasteiger partial charge on any atom is -0.469 e. The summed E-state index contributed by atoms with van der Waals surface area (Å²) in [6.45, 7) is 14.6. The number of rotatable bonds is 8. The molecule has 32 heavy (non-hydrogen) atoms. The van der Waals surface area contributed by atoms with Crippen molar-refractivity contribution < 1.29 is 38.1 Å². The topological polar surface area (TPSA) is 105 Å². The van der Waals surface area contributed by atoms with Gasteiger partial charge in [0, 0.05) is 11.8 Å². The first-order valence-electron chi connectivity index (χ1n) is 11.4. The van der Waals surface area contributed by atoms with Gasteiger partial charge in [0.05, 0.1) is 19.7 Å². The van der Waals surface area contributed by atoms with Gasteiger partial charge in [0.15, 0.2) is 5.41 Å². The van der Waals surface area contributed by atoms with E-state index in [2.05, 4.69) is 19.6 Å². The molecule has 1 saturated heterocycles. The van der Waals surface area contributed by atoms with E-state index in [0.717, 1.165) is 0 Å². The molecule has 3 aliphatic rings. The van der Waals surface area contributed by atoms with Crippen molar-refractivity contribution in [2.24, 2.45) is 22.7 Å². The molecule has 2 bridgehead atoms. The number of fused-ring (bicyclic) bond motifs is 1. The number of carbonyl (C=O) groups excluding carboxylic acids is 4. The second-order valence-corrected chi connectivity index (χ2v) is 17.2. The van der Waals surface area contributed by atoms with E-state index in [4.69, 9.17) is 18.9 Å². The minimum atomic E-state index is -1.64. The first kappa shape index (κ1) is 24.7. The highest BCUT2D eigenvalue weighted by molar-refractivity contribution is 6.76. The van der Waals surface area contributed by atoms with Crippen LogP contribution >= 0.6 is 0 Å². The molecule has 2 saturated carbocycles. The van der Waals surface area contributed by atoms with Gasteiger partial charge in [0.25, 0.3) is 0 Å². The van der Waals surface area contributed by atoms with E-state index in [0.29, 0.717) is 19.1 Å². The summed E-state index contributed by atoms with van der Waals surface area (Å²) in [6, 6.07) is 0. The number of ether oxygens (including phenoxy) is 4. The molecule has 0 aromatic rings. The van der Waals surface area contributed by atoms with Crippen molar-refractivity contribution in [3.05, 3.63) is 0 Å². The summed E-state index contributed by atoms with van der Waals surface area (Å²) in [5.74, 6) is -2.81. The van der Waals surface area contributed by atoms with Crippen LogP contribution in [0.15, 0.2) is 0 Å². The van der Waals surface area contributed by atoms with Crippen LogP contribution in [-0.4, -0.2) is 56.0 Å². The summed E-state index contributed by atoms with van der Waals surface area (Å²) in [5, 5.41) is 0. The molecule has 0 amide bonds. The van der Waals surface area contributed by atoms with Crippen LogP contribution in [-0.2, 0) is 38.1 Å². The lowest BCUT2D eigenvalue weighted by atomic mass is 9.73. The number of hydrogen-bond acceptors (Lipinski definition) is 8. The summed E-state index contributed by atoms with van der Waals surface area (Å²) >= 11 is 0. The van der Waals surface area contributed by atoms with E-state index in [-0.39, 0.29) is 18.3 Å². The van der Waals surface area contributed by atoms with Crippen molar-refractivity contribution in [3.8, 4) is 0 Å². The predicted octanol–water partition coefficient (Wildman–Crippen LogP) is 3.03. The van der Waals surface area contributed by atoms with E-state index < -0.39 is 60.6 Å². The molecule has 1 heterocycles. The fourth-order valence-corrected chi connectivity index (χ4v) is 5.23. The van der Waals surface area contributed by atoms with Crippen LogP contribution in [0.4, 0.5) is 0 Å². The van der Waals surface area contributed by atoms with Crippen molar-refractivity contribution in [3.63, 3.8) is 0 Å². The quantitative estimate of drug-likeness (QED) is 0.232. The van der Waals surface area contributed by atoms with Crippen molar-refractivity contribution in [2.45, 2.75) is 91.3 Å². The Morgan fingerprint density at radius 2 is 1.75 bits per heavy atom. The molecule has 5 atom stereocenters. The molecule has 0 aromatic heterocycles. The molecule has 2 aliphatic carbocycles. The van der Waals surface area contributed by atoms with Crippen molar-refractivity contribution in [2.75, 3.05) is 6.23 Å². The van der Waals surface area contributed by atoms with Crippen LogP contribution in [0.25, 0.3) is 0 Å². The molecule has 3 rings (SSSR count). The zero-order valence-corrected chi connectivity index (χ0v) is 21.4. The van der Waals surface area contributed by atoms with Gasteiger partial charge < -0.3 is 18.9 Å². The maximum absolute atomic E-state index is 12.9. The molecule has 3 fully saturated rings. The lowest BCUT2D eigenvalue weighted by molar-refractivity contribution is -0.192. The van der Waals surface area contributed by atoms with Gasteiger partial charge in [0.1, 0.15) is 12.2 Å². The van der Waals surface area contributed by atoms with E-state index in [9.17, 15) is 19.2 Å². The molecule has 0 spiro atoms. The molecule has 0 radical (unpaired) electrons. The standard InChI is InChI=1S/C23H36O8Si/c1-9-21(2,3)17(24)31-22(4,5)18(25)29-15-13-10-14-16(15)30-20(27)23(14,11-13)19(26)28-12-32(6,7)8/h13-16H,9-12H2,1-8H3.